The molecule has 0 aliphatic carbocycles. The van der Waals surface area contributed by atoms with Crippen molar-refractivity contribution in [3.63, 3.8) is 0 Å². The predicted molar refractivity (Wildman–Crippen MR) is 73.0 cm³/mol. The maximum atomic E-state index is 11.5. The third-order valence-corrected chi connectivity index (χ3v) is 2.90. The van der Waals surface area contributed by atoms with Crippen LogP contribution in [0.25, 0.3) is 0 Å². The summed E-state index contributed by atoms with van der Waals surface area (Å²) < 4.78 is 4.69. The zero-order valence-electron chi connectivity index (χ0n) is 11.8. The average molecular weight is 261 g/mol. The third kappa shape index (κ3) is 3.68. The molecule has 0 radical (unpaired) electrons. The zero-order chi connectivity index (χ0) is 14.4. The first-order valence-electron chi connectivity index (χ1n) is 6.24. The van der Waals surface area contributed by atoms with Crippen molar-refractivity contribution >= 4 is 11.8 Å². The van der Waals surface area contributed by atoms with E-state index in [4.69, 9.17) is 10.00 Å². The van der Waals surface area contributed by atoms with E-state index in [-0.39, 0.29) is 11.9 Å². The first kappa shape index (κ1) is 15.0. The first-order chi connectivity index (χ1) is 9.03. The number of nitrogens with zero attached hydrogens (tertiary/aromatic N) is 3. The summed E-state index contributed by atoms with van der Waals surface area (Å²) in [7, 11) is 1.35. The van der Waals surface area contributed by atoms with Crippen molar-refractivity contribution < 1.29 is 9.53 Å². The predicted octanol–water partition coefficient (Wildman–Crippen LogP) is 2.16. The second-order valence-corrected chi connectivity index (χ2v) is 4.36. The van der Waals surface area contributed by atoms with Gasteiger partial charge in [-0.1, -0.05) is 0 Å². The minimum absolute atomic E-state index is 0.0673. The molecule has 1 heterocycles. The van der Waals surface area contributed by atoms with E-state index in [1.54, 1.807) is 19.1 Å². The summed E-state index contributed by atoms with van der Waals surface area (Å²) in [6.45, 7) is 7.04. The van der Waals surface area contributed by atoms with Gasteiger partial charge in [-0.15, -0.1) is 0 Å². The van der Waals surface area contributed by atoms with Gasteiger partial charge in [-0.3, -0.25) is 0 Å². The van der Waals surface area contributed by atoms with Gasteiger partial charge in [0.05, 0.1) is 30.4 Å². The number of anilines is 1. The number of pyridine rings is 1. The molecule has 0 fully saturated rings. The van der Waals surface area contributed by atoms with Crippen LogP contribution in [0.5, 0.6) is 0 Å². The van der Waals surface area contributed by atoms with Crippen LogP contribution in [0.1, 0.15) is 29.9 Å². The van der Waals surface area contributed by atoms with Crippen molar-refractivity contribution in [2.24, 2.45) is 5.92 Å². The molecule has 5 heteroatoms. The highest BCUT2D eigenvalue weighted by atomic mass is 16.5. The average Bonchev–Trinajstić information content (AvgIpc) is 2.43. The molecule has 0 aliphatic rings. The van der Waals surface area contributed by atoms with E-state index in [0.717, 1.165) is 12.4 Å². The lowest BCUT2D eigenvalue weighted by molar-refractivity contribution is 0.0599. The first-order valence-corrected chi connectivity index (χ1v) is 6.24. The number of esters is 1. The summed E-state index contributed by atoms with van der Waals surface area (Å²) in [5.41, 5.74) is 1.10. The van der Waals surface area contributed by atoms with Gasteiger partial charge in [-0.2, -0.15) is 5.26 Å². The topological polar surface area (TPSA) is 66.2 Å². The van der Waals surface area contributed by atoms with Crippen LogP contribution in [-0.4, -0.2) is 31.2 Å². The lowest BCUT2D eigenvalue weighted by atomic mass is 10.1. The number of hydrogen-bond acceptors (Lipinski definition) is 5. The lowest BCUT2D eigenvalue weighted by Gasteiger charge is -2.23. The molecule has 1 unspecified atom stereocenters. The molecule has 19 heavy (non-hydrogen) atoms. The van der Waals surface area contributed by atoms with E-state index >= 15 is 0 Å². The van der Waals surface area contributed by atoms with Gasteiger partial charge < -0.3 is 9.64 Å². The molecule has 1 aromatic rings. The molecule has 0 spiro atoms. The van der Waals surface area contributed by atoms with E-state index < -0.39 is 0 Å². The highest BCUT2D eigenvalue weighted by Crippen LogP contribution is 2.16. The van der Waals surface area contributed by atoms with E-state index in [2.05, 4.69) is 11.1 Å². The standard InChI is InChI=1S/C14H19N3O2/c1-5-17(9-10(2)8-15)13-7-6-12(11(3)16-13)14(18)19-4/h6-7,10H,5,9H2,1-4H3. The SMILES string of the molecule is CCN(CC(C)C#N)c1ccc(C(=O)OC)c(C)n1. The molecule has 0 aliphatic heterocycles. The maximum Gasteiger partial charge on any atom is 0.339 e. The lowest BCUT2D eigenvalue weighted by Crippen LogP contribution is -2.28. The summed E-state index contributed by atoms with van der Waals surface area (Å²) in [6.07, 6.45) is 0. The summed E-state index contributed by atoms with van der Waals surface area (Å²) in [5.74, 6) is 0.321. The highest BCUT2D eigenvalue weighted by Gasteiger charge is 2.14. The van der Waals surface area contributed by atoms with Crippen LogP contribution in [0.3, 0.4) is 0 Å². The number of hydrogen-bond donors (Lipinski definition) is 0. The van der Waals surface area contributed by atoms with Gasteiger partial charge in [0.1, 0.15) is 5.82 Å². The van der Waals surface area contributed by atoms with Gasteiger partial charge in [0.25, 0.3) is 0 Å². The molecule has 0 N–H and O–H groups in total. The number of methoxy groups -OCH3 is 1. The van der Waals surface area contributed by atoms with Crippen LogP contribution >= 0.6 is 0 Å². The van der Waals surface area contributed by atoms with Crippen molar-refractivity contribution in [2.45, 2.75) is 20.8 Å². The fourth-order valence-electron chi connectivity index (χ4n) is 1.81. The van der Waals surface area contributed by atoms with Crippen molar-refractivity contribution in [1.29, 1.82) is 5.26 Å². The molecular weight excluding hydrogens is 242 g/mol. The Morgan fingerprint density at radius 3 is 2.74 bits per heavy atom. The van der Waals surface area contributed by atoms with Crippen LogP contribution in [-0.2, 0) is 4.74 Å². The van der Waals surface area contributed by atoms with E-state index in [1.165, 1.54) is 7.11 Å². The Kier molecular flexibility index (Phi) is 5.31. The fraction of sp³-hybridized carbons (Fsp3) is 0.500. The number of ether oxygens (including phenoxy) is 1. The molecule has 102 valence electrons. The largest absolute Gasteiger partial charge is 0.465 e. The number of aromatic nitrogens is 1. The van der Waals surface area contributed by atoms with Gasteiger partial charge in [0.15, 0.2) is 0 Å². The zero-order valence-corrected chi connectivity index (χ0v) is 11.8. The molecule has 1 rings (SSSR count). The molecule has 0 bridgehead atoms. The summed E-state index contributed by atoms with van der Waals surface area (Å²) >= 11 is 0. The molecule has 0 amide bonds. The Labute approximate surface area is 113 Å². The van der Waals surface area contributed by atoms with Crippen LogP contribution in [0.4, 0.5) is 5.82 Å². The molecule has 0 saturated carbocycles. The normalized spacial score (nSPS) is 11.5. The minimum Gasteiger partial charge on any atom is -0.465 e. The van der Waals surface area contributed by atoms with Crippen LogP contribution in [0.15, 0.2) is 12.1 Å². The Hall–Kier alpha value is -2.09. The van der Waals surface area contributed by atoms with Crippen LogP contribution < -0.4 is 4.90 Å². The molecule has 0 saturated heterocycles. The Morgan fingerprint density at radius 1 is 1.58 bits per heavy atom. The molecule has 0 aromatic carbocycles. The molecule has 1 atom stereocenters. The van der Waals surface area contributed by atoms with Crippen molar-refractivity contribution in [1.82, 2.24) is 4.98 Å². The number of nitriles is 1. The molecule has 5 nitrogen and oxygen atoms in total. The second-order valence-electron chi connectivity index (χ2n) is 4.36. The smallest absolute Gasteiger partial charge is 0.339 e. The fourth-order valence-corrected chi connectivity index (χ4v) is 1.81. The quantitative estimate of drug-likeness (QED) is 0.760. The highest BCUT2D eigenvalue weighted by molar-refractivity contribution is 5.90. The minimum atomic E-state index is -0.384. The van der Waals surface area contributed by atoms with Gasteiger partial charge in [-0.05, 0) is 32.9 Å². The third-order valence-electron chi connectivity index (χ3n) is 2.90. The van der Waals surface area contributed by atoms with Crippen LogP contribution in [0.2, 0.25) is 0 Å². The van der Waals surface area contributed by atoms with E-state index in [1.807, 2.05) is 18.7 Å². The maximum absolute atomic E-state index is 11.5. The number of rotatable bonds is 5. The van der Waals surface area contributed by atoms with E-state index in [0.29, 0.717) is 17.8 Å². The Bertz CT molecular complexity index is 494. The number of carbonyl (C=O) groups excluding carboxylic acids is 1. The number of carbonyl (C=O) groups is 1. The van der Waals surface area contributed by atoms with Crippen molar-refractivity contribution in [3.8, 4) is 6.07 Å². The van der Waals surface area contributed by atoms with Crippen molar-refractivity contribution in [3.05, 3.63) is 23.4 Å². The van der Waals surface area contributed by atoms with Crippen molar-refractivity contribution in [2.75, 3.05) is 25.1 Å². The summed E-state index contributed by atoms with van der Waals surface area (Å²) in [5, 5.41) is 8.87. The Balaban J connectivity index is 2.98. The summed E-state index contributed by atoms with van der Waals surface area (Å²) in [6, 6.07) is 5.71. The van der Waals surface area contributed by atoms with E-state index in [9.17, 15) is 4.79 Å². The van der Waals surface area contributed by atoms with Gasteiger partial charge >= 0.3 is 5.97 Å². The summed E-state index contributed by atoms with van der Waals surface area (Å²) in [4.78, 5) is 17.9. The van der Waals surface area contributed by atoms with Gasteiger partial charge in [-0.25, -0.2) is 9.78 Å². The van der Waals surface area contributed by atoms with Crippen LogP contribution in [0, 0.1) is 24.2 Å². The van der Waals surface area contributed by atoms with Gasteiger partial charge in [0, 0.05) is 13.1 Å². The van der Waals surface area contributed by atoms with Gasteiger partial charge in [0.2, 0.25) is 0 Å². The monoisotopic (exact) mass is 261 g/mol. The number of aryl methyl sites for hydroxylation is 1. The Morgan fingerprint density at radius 2 is 2.26 bits per heavy atom. The molecule has 1 aromatic heterocycles. The second kappa shape index (κ2) is 6.74. The molecular formula is C14H19N3O2.